The maximum Gasteiger partial charge on any atom is 0.110 e. The molecule has 0 aromatic carbocycles. The number of likely N-dealkylation sites (tertiary alicyclic amines) is 1. The molecule has 1 aromatic rings. The van der Waals surface area contributed by atoms with Gasteiger partial charge in [0.15, 0.2) is 0 Å². The van der Waals surface area contributed by atoms with Gasteiger partial charge in [0.2, 0.25) is 0 Å². The first-order valence-electron chi connectivity index (χ1n) is 6.60. The number of hydrogen-bond donors (Lipinski definition) is 1. The first-order valence-corrected chi connectivity index (χ1v) is 7.42. The normalized spacial score (nSPS) is 23.8. The largest absolute Gasteiger partial charge is 0.316 e. The Morgan fingerprint density at radius 3 is 3.12 bits per heavy atom. The lowest BCUT2D eigenvalue weighted by Crippen LogP contribution is -2.45. The zero-order chi connectivity index (χ0) is 12.3. The van der Waals surface area contributed by atoms with Crippen molar-refractivity contribution >= 4 is 11.3 Å². The van der Waals surface area contributed by atoms with Gasteiger partial charge in [-0.05, 0) is 39.8 Å². The average molecular weight is 253 g/mol. The van der Waals surface area contributed by atoms with Crippen molar-refractivity contribution in [2.24, 2.45) is 0 Å². The van der Waals surface area contributed by atoms with Crippen LogP contribution in [0.4, 0.5) is 0 Å². The number of thiazole rings is 1. The second-order valence-electron chi connectivity index (χ2n) is 4.82. The van der Waals surface area contributed by atoms with E-state index in [0.717, 1.165) is 13.0 Å². The predicted octanol–water partition coefficient (Wildman–Crippen LogP) is 2.45. The standard InChI is InChI=1S/C13H23N3S/c1-4-12-8-15-13(17-12)10(2)16-7-5-6-11(9-16)14-3/h8,10-11,14H,4-7,9H2,1-3H3. The highest BCUT2D eigenvalue weighted by atomic mass is 32.1. The Morgan fingerprint density at radius 1 is 1.65 bits per heavy atom. The van der Waals surface area contributed by atoms with Crippen LogP contribution in [-0.2, 0) is 6.42 Å². The molecular weight excluding hydrogens is 230 g/mol. The molecule has 17 heavy (non-hydrogen) atoms. The van der Waals surface area contributed by atoms with E-state index < -0.39 is 0 Å². The van der Waals surface area contributed by atoms with Crippen molar-refractivity contribution in [2.45, 2.75) is 45.2 Å². The third-order valence-electron chi connectivity index (χ3n) is 3.69. The summed E-state index contributed by atoms with van der Waals surface area (Å²) in [7, 11) is 2.07. The number of nitrogens with zero attached hydrogens (tertiary/aromatic N) is 2. The van der Waals surface area contributed by atoms with Crippen molar-refractivity contribution in [3.8, 4) is 0 Å². The van der Waals surface area contributed by atoms with E-state index in [1.165, 1.54) is 29.3 Å². The molecule has 1 saturated heterocycles. The van der Waals surface area contributed by atoms with Crippen LogP contribution in [0.2, 0.25) is 0 Å². The molecule has 2 heterocycles. The van der Waals surface area contributed by atoms with Gasteiger partial charge in [-0.2, -0.15) is 0 Å². The van der Waals surface area contributed by atoms with Gasteiger partial charge in [-0.1, -0.05) is 6.92 Å². The van der Waals surface area contributed by atoms with Crippen LogP contribution in [0.5, 0.6) is 0 Å². The Kier molecular flexibility index (Phi) is 4.54. The summed E-state index contributed by atoms with van der Waals surface area (Å²) in [4.78, 5) is 8.53. The third kappa shape index (κ3) is 3.06. The number of nitrogens with one attached hydrogen (secondary N) is 1. The molecular formula is C13H23N3S. The van der Waals surface area contributed by atoms with Gasteiger partial charge in [0.05, 0.1) is 6.04 Å². The molecule has 0 radical (unpaired) electrons. The van der Waals surface area contributed by atoms with Crippen LogP contribution in [0.15, 0.2) is 6.20 Å². The number of piperidine rings is 1. The van der Waals surface area contributed by atoms with E-state index in [9.17, 15) is 0 Å². The molecule has 1 aliphatic rings. The van der Waals surface area contributed by atoms with E-state index in [1.54, 1.807) is 0 Å². The molecule has 0 bridgehead atoms. The third-order valence-corrected chi connectivity index (χ3v) is 5.00. The number of likely N-dealkylation sites (N-methyl/N-ethyl adjacent to an activating group) is 1. The van der Waals surface area contributed by atoms with Crippen LogP contribution >= 0.6 is 11.3 Å². The minimum absolute atomic E-state index is 0.469. The molecule has 2 unspecified atom stereocenters. The van der Waals surface area contributed by atoms with Crippen LogP contribution in [-0.4, -0.2) is 36.1 Å². The summed E-state index contributed by atoms with van der Waals surface area (Å²) < 4.78 is 0. The minimum Gasteiger partial charge on any atom is -0.316 e. The van der Waals surface area contributed by atoms with Gasteiger partial charge >= 0.3 is 0 Å². The Labute approximate surface area is 108 Å². The van der Waals surface area contributed by atoms with Crippen molar-refractivity contribution < 1.29 is 0 Å². The summed E-state index contributed by atoms with van der Waals surface area (Å²) in [5.74, 6) is 0. The zero-order valence-corrected chi connectivity index (χ0v) is 11.9. The molecule has 2 rings (SSSR count). The molecule has 1 aliphatic heterocycles. The van der Waals surface area contributed by atoms with E-state index >= 15 is 0 Å². The molecule has 96 valence electrons. The highest BCUT2D eigenvalue weighted by Gasteiger charge is 2.24. The van der Waals surface area contributed by atoms with Crippen LogP contribution in [0.3, 0.4) is 0 Å². The smallest absolute Gasteiger partial charge is 0.110 e. The first-order chi connectivity index (χ1) is 8.24. The number of aryl methyl sites for hydroxylation is 1. The molecule has 0 spiro atoms. The molecule has 2 atom stereocenters. The van der Waals surface area contributed by atoms with Gasteiger partial charge in [-0.3, -0.25) is 4.90 Å². The van der Waals surface area contributed by atoms with Crippen LogP contribution in [0.1, 0.15) is 42.6 Å². The second kappa shape index (κ2) is 5.94. The second-order valence-corrected chi connectivity index (χ2v) is 5.96. The maximum absolute atomic E-state index is 4.57. The van der Waals surface area contributed by atoms with Gasteiger partial charge in [-0.15, -0.1) is 11.3 Å². The predicted molar refractivity (Wildman–Crippen MR) is 73.6 cm³/mol. The Morgan fingerprint density at radius 2 is 2.47 bits per heavy atom. The lowest BCUT2D eigenvalue weighted by Gasteiger charge is -2.35. The summed E-state index contributed by atoms with van der Waals surface area (Å²) in [6.45, 7) is 6.84. The summed E-state index contributed by atoms with van der Waals surface area (Å²) in [6.07, 6.45) is 5.74. The number of aromatic nitrogens is 1. The van der Waals surface area contributed by atoms with E-state index in [4.69, 9.17) is 0 Å². The van der Waals surface area contributed by atoms with Gasteiger partial charge in [0, 0.05) is 23.7 Å². The fourth-order valence-electron chi connectivity index (χ4n) is 2.43. The fourth-order valence-corrected chi connectivity index (χ4v) is 3.37. The van der Waals surface area contributed by atoms with E-state index in [2.05, 4.69) is 36.1 Å². The summed E-state index contributed by atoms with van der Waals surface area (Å²) >= 11 is 1.87. The highest BCUT2D eigenvalue weighted by Crippen LogP contribution is 2.27. The molecule has 0 aliphatic carbocycles. The van der Waals surface area contributed by atoms with E-state index in [0.29, 0.717) is 12.1 Å². The number of hydrogen-bond acceptors (Lipinski definition) is 4. The maximum atomic E-state index is 4.57. The van der Waals surface area contributed by atoms with Gasteiger partial charge in [0.25, 0.3) is 0 Å². The molecule has 0 amide bonds. The summed E-state index contributed by atoms with van der Waals surface area (Å²) in [5, 5.41) is 4.67. The van der Waals surface area contributed by atoms with Crippen molar-refractivity contribution in [3.63, 3.8) is 0 Å². The fraction of sp³-hybridized carbons (Fsp3) is 0.769. The average Bonchev–Trinajstić information content (AvgIpc) is 2.86. The first kappa shape index (κ1) is 13.0. The van der Waals surface area contributed by atoms with Gasteiger partial charge in [-0.25, -0.2) is 4.98 Å². The lowest BCUT2D eigenvalue weighted by atomic mass is 10.0. The quantitative estimate of drug-likeness (QED) is 0.893. The lowest BCUT2D eigenvalue weighted by molar-refractivity contribution is 0.149. The van der Waals surface area contributed by atoms with Crippen molar-refractivity contribution in [2.75, 3.05) is 20.1 Å². The van der Waals surface area contributed by atoms with Crippen molar-refractivity contribution in [1.82, 2.24) is 15.2 Å². The number of rotatable bonds is 4. The van der Waals surface area contributed by atoms with E-state index in [1.807, 2.05) is 17.5 Å². The van der Waals surface area contributed by atoms with Gasteiger partial charge < -0.3 is 5.32 Å². The Balaban J connectivity index is 2.00. The Bertz CT molecular complexity index is 350. The monoisotopic (exact) mass is 253 g/mol. The highest BCUT2D eigenvalue weighted by molar-refractivity contribution is 7.11. The molecule has 3 nitrogen and oxygen atoms in total. The van der Waals surface area contributed by atoms with Crippen molar-refractivity contribution in [3.05, 3.63) is 16.1 Å². The van der Waals surface area contributed by atoms with Gasteiger partial charge in [0.1, 0.15) is 5.01 Å². The minimum atomic E-state index is 0.469. The van der Waals surface area contributed by atoms with E-state index in [-0.39, 0.29) is 0 Å². The van der Waals surface area contributed by atoms with Crippen LogP contribution in [0.25, 0.3) is 0 Å². The summed E-state index contributed by atoms with van der Waals surface area (Å²) in [5.41, 5.74) is 0. The van der Waals surface area contributed by atoms with Crippen LogP contribution < -0.4 is 5.32 Å². The Hall–Kier alpha value is -0.450. The SMILES string of the molecule is CCc1cnc(C(C)N2CCCC(NC)C2)s1. The molecule has 1 fully saturated rings. The molecule has 1 N–H and O–H groups in total. The topological polar surface area (TPSA) is 28.2 Å². The van der Waals surface area contributed by atoms with Crippen molar-refractivity contribution in [1.29, 1.82) is 0 Å². The molecule has 4 heteroatoms. The zero-order valence-electron chi connectivity index (χ0n) is 11.1. The molecule has 0 saturated carbocycles. The summed E-state index contributed by atoms with van der Waals surface area (Å²) in [6, 6.07) is 1.12. The van der Waals surface area contributed by atoms with Crippen LogP contribution in [0, 0.1) is 0 Å². The molecule has 1 aromatic heterocycles.